The summed E-state index contributed by atoms with van der Waals surface area (Å²) in [5.74, 6) is 0. The number of pyridine rings is 1. The molecule has 0 spiro atoms. The highest BCUT2D eigenvalue weighted by Crippen LogP contribution is 2.26. The Morgan fingerprint density at radius 2 is 2.06 bits per heavy atom. The van der Waals surface area contributed by atoms with E-state index in [9.17, 15) is 18.4 Å². The summed E-state index contributed by atoms with van der Waals surface area (Å²) >= 11 is 0. The van der Waals surface area contributed by atoms with Crippen molar-refractivity contribution < 1.29 is 23.0 Å². The average molecular weight is 234 g/mol. The van der Waals surface area contributed by atoms with E-state index in [1.165, 1.54) is 0 Å². The summed E-state index contributed by atoms with van der Waals surface area (Å²) in [6, 6.07) is 1.77. The Morgan fingerprint density at radius 1 is 1.44 bits per heavy atom. The van der Waals surface area contributed by atoms with Gasteiger partial charge in [-0.2, -0.15) is 17.9 Å². The fourth-order valence-corrected chi connectivity index (χ4v) is 1.15. The van der Waals surface area contributed by atoms with Gasteiger partial charge in [0.15, 0.2) is 6.20 Å². The van der Waals surface area contributed by atoms with Crippen LogP contribution in [0.2, 0.25) is 0 Å². The van der Waals surface area contributed by atoms with Gasteiger partial charge in [0.25, 0.3) is 5.69 Å². The van der Waals surface area contributed by atoms with E-state index < -0.39 is 18.5 Å². The van der Waals surface area contributed by atoms with Crippen LogP contribution in [0.25, 0.3) is 0 Å². The second kappa shape index (κ2) is 4.48. The summed E-state index contributed by atoms with van der Waals surface area (Å²) in [7, 11) is 0. The zero-order valence-corrected chi connectivity index (χ0v) is 8.08. The van der Waals surface area contributed by atoms with Gasteiger partial charge >= 0.3 is 6.18 Å². The molecule has 1 heterocycles. The molecule has 0 saturated heterocycles. The van der Waals surface area contributed by atoms with Crippen molar-refractivity contribution in [1.82, 2.24) is 0 Å². The summed E-state index contributed by atoms with van der Waals surface area (Å²) in [6.07, 6.45) is -3.98. The Labute approximate surface area is 89.0 Å². The lowest BCUT2D eigenvalue weighted by molar-refractivity contribution is -0.629. The molecule has 0 atom stereocenters. The normalized spacial score (nSPS) is 11.5. The first-order chi connectivity index (χ1) is 7.34. The molecule has 0 aliphatic carbocycles. The second-order valence-electron chi connectivity index (χ2n) is 3.18. The molecule has 0 fully saturated rings. The zero-order chi connectivity index (χ0) is 12.3. The Bertz CT molecular complexity index is 404. The third-order valence-electron chi connectivity index (χ3n) is 1.87. The van der Waals surface area contributed by atoms with Crippen molar-refractivity contribution >= 4 is 5.71 Å². The first kappa shape index (κ1) is 12.4. The summed E-state index contributed by atoms with van der Waals surface area (Å²) in [5.41, 5.74) is -1.12. The number of aliphatic hydroxyl groups excluding tert-OH is 1. The molecular formula is C9H9F3N2O2. The van der Waals surface area contributed by atoms with Crippen LogP contribution in [0.15, 0.2) is 18.3 Å². The van der Waals surface area contributed by atoms with E-state index in [2.05, 4.69) is 0 Å². The summed E-state index contributed by atoms with van der Waals surface area (Å²) in [6.45, 7) is -0.486. The van der Waals surface area contributed by atoms with Crippen molar-refractivity contribution in [1.29, 1.82) is 5.41 Å². The fourth-order valence-electron chi connectivity index (χ4n) is 1.15. The van der Waals surface area contributed by atoms with Crippen molar-refractivity contribution in [3.05, 3.63) is 34.8 Å². The molecule has 1 aromatic rings. The van der Waals surface area contributed by atoms with Crippen LogP contribution in [-0.2, 0) is 12.6 Å². The lowest BCUT2D eigenvalue weighted by Crippen LogP contribution is -2.37. The highest BCUT2D eigenvalue weighted by Gasteiger charge is 2.39. The van der Waals surface area contributed by atoms with Gasteiger partial charge in [-0.25, -0.2) is 0 Å². The highest BCUT2D eigenvalue weighted by molar-refractivity contribution is 5.84. The summed E-state index contributed by atoms with van der Waals surface area (Å²) < 4.78 is 36.3. The smallest absolute Gasteiger partial charge is 0.478 e. The van der Waals surface area contributed by atoms with Crippen LogP contribution in [0.5, 0.6) is 0 Å². The maximum Gasteiger partial charge on any atom is 0.478 e. The summed E-state index contributed by atoms with van der Waals surface area (Å²) in [5, 5.41) is 26.7. The second-order valence-corrected chi connectivity index (χ2v) is 3.18. The van der Waals surface area contributed by atoms with E-state index >= 15 is 0 Å². The van der Waals surface area contributed by atoms with Crippen LogP contribution in [0, 0.1) is 10.6 Å². The standard InChI is InChI=1S/C9H9F3N2O2/c10-9(11,12)8-2-1-6(4-14(8)16)3-7(13)5-15/h1-2,4,13,15H,3,5H2. The third-order valence-corrected chi connectivity index (χ3v) is 1.87. The number of alkyl halides is 3. The van der Waals surface area contributed by atoms with Gasteiger partial charge in [0.05, 0.1) is 6.61 Å². The number of aliphatic hydroxyl groups is 1. The zero-order valence-electron chi connectivity index (χ0n) is 8.08. The van der Waals surface area contributed by atoms with Gasteiger partial charge in [0.2, 0.25) is 0 Å². The molecular weight excluding hydrogens is 225 g/mol. The van der Waals surface area contributed by atoms with Crippen LogP contribution < -0.4 is 4.73 Å². The molecule has 88 valence electrons. The number of aromatic nitrogens is 1. The number of halogens is 3. The van der Waals surface area contributed by atoms with E-state index in [1.54, 1.807) is 0 Å². The van der Waals surface area contributed by atoms with Gasteiger partial charge in [-0.15, -0.1) is 0 Å². The SMILES string of the molecule is N=C(CO)Cc1ccc(C(F)(F)F)[n+]([O-])c1. The molecule has 0 amide bonds. The van der Waals surface area contributed by atoms with E-state index in [4.69, 9.17) is 10.5 Å². The maximum absolute atomic E-state index is 12.2. The van der Waals surface area contributed by atoms with Gasteiger partial charge in [0, 0.05) is 23.8 Å². The first-order valence-electron chi connectivity index (χ1n) is 4.31. The lowest BCUT2D eigenvalue weighted by atomic mass is 10.1. The topological polar surface area (TPSA) is 71.0 Å². The Hall–Kier alpha value is -1.63. The number of rotatable bonds is 3. The van der Waals surface area contributed by atoms with Crippen LogP contribution in [0.1, 0.15) is 11.3 Å². The molecule has 7 heteroatoms. The molecule has 0 aromatic carbocycles. The van der Waals surface area contributed by atoms with Gasteiger partial charge in [-0.3, -0.25) is 0 Å². The Kier molecular flexibility index (Phi) is 3.48. The van der Waals surface area contributed by atoms with Gasteiger partial charge in [-0.1, -0.05) is 0 Å². The third kappa shape index (κ3) is 2.93. The van der Waals surface area contributed by atoms with Crippen molar-refractivity contribution in [2.24, 2.45) is 0 Å². The molecule has 1 aromatic heterocycles. The fraction of sp³-hybridized carbons (Fsp3) is 0.333. The van der Waals surface area contributed by atoms with Crippen molar-refractivity contribution in [2.75, 3.05) is 6.61 Å². The monoisotopic (exact) mass is 234 g/mol. The molecule has 0 aliphatic heterocycles. The van der Waals surface area contributed by atoms with Gasteiger partial charge in [-0.05, 0) is 6.07 Å². The Morgan fingerprint density at radius 3 is 2.50 bits per heavy atom. The van der Waals surface area contributed by atoms with Crippen LogP contribution >= 0.6 is 0 Å². The molecule has 0 radical (unpaired) electrons. The van der Waals surface area contributed by atoms with Crippen molar-refractivity contribution in [3.63, 3.8) is 0 Å². The van der Waals surface area contributed by atoms with Crippen LogP contribution in [0.3, 0.4) is 0 Å². The predicted octanol–water partition coefficient (Wildman–Crippen LogP) is 0.893. The van der Waals surface area contributed by atoms with Gasteiger partial charge in [0.1, 0.15) is 0 Å². The lowest BCUT2D eigenvalue weighted by Gasteiger charge is -2.08. The van der Waals surface area contributed by atoms with Crippen molar-refractivity contribution in [3.8, 4) is 0 Å². The molecule has 0 saturated carbocycles. The van der Waals surface area contributed by atoms with E-state index in [0.29, 0.717) is 6.07 Å². The minimum absolute atomic E-state index is 0.0448. The predicted molar refractivity (Wildman–Crippen MR) is 48.9 cm³/mol. The minimum Gasteiger partial charge on any atom is -0.618 e. The van der Waals surface area contributed by atoms with Crippen LogP contribution in [-0.4, -0.2) is 17.4 Å². The molecule has 0 unspecified atom stereocenters. The largest absolute Gasteiger partial charge is 0.618 e. The quantitative estimate of drug-likeness (QED) is 0.463. The van der Waals surface area contributed by atoms with Crippen molar-refractivity contribution in [2.45, 2.75) is 12.6 Å². The summed E-state index contributed by atoms with van der Waals surface area (Å²) in [4.78, 5) is 0. The average Bonchev–Trinajstić information content (AvgIpc) is 2.15. The number of nitrogens with zero attached hydrogens (tertiary/aromatic N) is 1. The molecule has 0 bridgehead atoms. The molecule has 16 heavy (non-hydrogen) atoms. The van der Waals surface area contributed by atoms with E-state index in [1.807, 2.05) is 0 Å². The number of hydrogen-bond donors (Lipinski definition) is 2. The van der Waals surface area contributed by atoms with Crippen LogP contribution in [0.4, 0.5) is 13.2 Å². The first-order valence-corrected chi connectivity index (χ1v) is 4.31. The van der Waals surface area contributed by atoms with Gasteiger partial charge < -0.3 is 15.7 Å². The molecule has 2 N–H and O–H groups in total. The minimum atomic E-state index is -4.69. The van der Waals surface area contributed by atoms with E-state index in [-0.39, 0.29) is 22.4 Å². The molecule has 1 rings (SSSR count). The Balaban J connectivity index is 2.96. The molecule has 4 nitrogen and oxygen atoms in total. The number of nitrogens with one attached hydrogen (secondary N) is 1. The number of hydrogen-bond acceptors (Lipinski definition) is 3. The van der Waals surface area contributed by atoms with E-state index in [0.717, 1.165) is 12.3 Å². The highest BCUT2D eigenvalue weighted by atomic mass is 19.4. The maximum atomic E-state index is 12.2. The molecule has 0 aliphatic rings.